The van der Waals surface area contributed by atoms with E-state index in [1.807, 2.05) is 9.25 Å². The van der Waals surface area contributed by atoms with Gasteiger partial charge in [0.25, 0.3) is 0 Å². The summed E-state index contributed by atoms with van der Waals surface area (Å²) in [5, 5.41) is 4.85. The molecule has 25 heavy (non-hydrogen) atoms. The Hall–Kier alpha value is -2.92. The number of fused-ring (bicyclic) bond motifs is 5. The Morgan fingerprint density at radius 3 is 2.64 bits per heavy atom. The molecule has 4 aromatic rings. The number of nitrogens with zero attached hydrogens (tertiary/aromatic N) is 5. The zero-order chi connectivity index (χ0) is 17.0. The van der Waals surface area contributed by atoms with Crippen LogP contribution in [0.1, 0.15) is 11.3 Å². The molecule has 0 saturated heterocycles. The third kappa shape index (κ3) is 2.20. The van der Waals surface area contributed by atoms with Crippen LogP contribution in [0, 0.1) is 6.92 Å². The monoisotopic (exact) mass is 347 g/mol. The number of benzene rings is 2. The average Bonchev–Trinajstić information content (AvgIpc) is 3.20. The predicted molar refractivity (Wildman–Crippen MR) is 96.9 cm³/mol. The highest BCUT2D eigenvalue weighted by atomic mass is 35.5. The first-order chi connectivity index (χ1) is 12.2. The van der Waals surface area contributed by atoms with E-state index in [9.17, 15) is 0 Å². The normalized spacial score (nSPS) is 12.2. The lowest BCUT2D eigenvalue weighted by Gasteiger charge is -2.11. The Morgan fingerprint density at radius 1 is 1.00 bits per heavy atom. The summed E-state index contributed by atoms with van der Waals surface area (Å²) in [6.07, 6.45) is 3.34. The van der Waals surface area contributed by atoms with Crippen molar-refractivity contribution in [2.24, 2.45) is 0 Å². The molecule has 0 atom stereocenters. The molecule has 0 N–H and O–H groups in total. The molecule has 2 aromatic carbocycles. The molecule has 0 radical (unpaired) electrons. The average molecular weight is 348 g/mol. The molecule has 3 heterocycles. The molecule has 0 spiro atoms. The van der Waals surface area contributed by atoms with Crippen molar-refractivity contribution in [3.63, 3.8) is 0 Å². The molecule has 0 aliphatic carbocycles. The van der Waals surface area contributed by atoms with E-state index in [2.05, 4.69) is 64.5 Å². The molecule has 5 rings (SSSR count). The van der Waals surface area contributed by atoms with Crippen molar-refractivity contribution in [1.29, 1.82) is 0 Å². The van der Waals surface area contributed by atoms with Crippen molar-refractivity contribution in [3.8, 4) is 28.2 Å². The summed E-state index contributed by atoms with van der Waals surface area (Å²) in [7, 11) is 0. The molecule has 0 saturated carbocycles. The summed E-state index contributed by atoms with van der Waals surface area (Å²) in [5.74, 6) is 0.837. The van der Waals surface area contributed by atoms with E-state index in [-0.39, 0.29) is 0 Å². The third-order valence-corrected chi connectivity index (χ3v) is 4.93. The second-order valence-electron chi connectivity index (χ2n) is 6.19. The lowest BCUT2D eigenvalue weighted by molar-refractivity contribution is 0.677. The number of rotatable bonds is 1. The molecular weight excluding hydrogens is 334 g/mol. The number of hydrogen-bond donors (Lipinski definition) is 0. The Kier molecular flexibility index (Phi) is 3.05. The van der Waals surface area contributed by atoms with Gasteiger partial charge >= 0.3 is 0 Å². The minimum Gasteiger partial charge on any atom is -0.299 e. The van der Waals surface area contributed by atoms with Crippen molar-refractivity contribution in [1.82, 2.24) is 24.3 Å². The Balaban J connectivity index is 1.77. The molecule has 1 aliphatic rings. The maximum Gasteiger partial charge on any atom is 0.160 e. The van der Waals surface area contributed by atoms with E-state index >= 15 is 0 Å². The van der Waals surface area contributed by atoms with Gasteiger partial charge in [-0.25, -0.2) is 14.6 Å². The Morgan fingerprint density at radius 2 is 1.80 bits per heavy atom. The highest BCUT2D eigenvalue weighted by Gasteiger charge is 2.23. The van der Waals surface area contributed by atoms with E-state index < -0.39 is 0 Å². The van der Waals surface area contributed by atoms with Gasteiger partial charge in [-0.05, 0) is 30.2 Å². The lowest BCUT2D eigenvalue weighted by Crippen LogP contribution is -2.04. The van der Waals surface area contributed by atoms with Gasteiger partial charge in [0.05, 0.1) is 17.9 Å². The van der Waals surface area contributed by atoms with Crippen LogP contribution in [-0.4, -0.2) is 24.3 Å². The van der Waals surface area contributed by atoms with Crippen molar-refractivity contribution in [3.05, 3.63) is 71.5 Å². The van der Waals surface area contributed by atoms with Gasteiger partial charge < -0.3 is 0 Å². The van der Waals surface area contributed by atoms with Gasteiger partial charge in [-0.15, -0.1) is 0 Å². The zero-order valence-electron chi connectivity index (χ0n) is 13.5. The van der Waals surface area contributed by atoms with Crippen LogP contribution in [0.2, 0.25) is 5.15 Å². The van der Waals surface area contributed by atoms with Crippen LogP contribution in [0.5, 0.6) is 0 Å². The standard InChI is InChI=1S/C19H14ClN5/c1-12-2-4-13(5-3-12)14-6-7-16-15(8-14)19-21-10-23-25(19)9-17-18(20)22-11-24(16)17/h2-8,10-11H,9H2,1H3. The number of imidazole rings is 1. The van der Waals surface area contributed by atoms with Crippen molar-refractivity contribution in [2.45, 2.75) is 13.5 Å². The third-order valence-electron chi connectivity index (χ3n) is 4.61. The van der Waals surface area contributed by atoms with Crippen LogP contribution >= 0.6 is 11.6 Å². The maximum absolute atomic E-state index is 6.28. The first-order valence-corrected chi connectivity index (χ1v) is 8.40. The molecule has 0 unspecified atom stereocenters. The number of aromatic nitrogens is 5. The molecule has 0 fully saturated rings. The van der Waals surface area contributed by atoms with Crippen LogP contribution in [-0.2, 0) is 6.54 Å². The lowest BCUT2D eigenvalue weighted by atomic mass is 10.0. The fourth-order valence-electron chi connectivity index (χ4n) is 3.28. The van der Waals surface area contributed by atoms with Crippen molar-refractivity contribution < 1.29 is 0 Å². The summed E-state index contributed by atoms with van der Waals surface area (Å²) in [6, 6.07) is 14.9. The van der Waals surface area contributed by atoms with E-state index in [0.29, 0.717) is 11.7 Å². The molecular formula is C19H14ClN5. The summed E-state index contributed by atoms with van der Waals surface area (Å²) in [4.78, 5) is 8.73. The van der Waals surface area contributed by atoms with Gasteiger partial charge in [0, 0.05) is 5.56 Å². The van der Waals surface area contributed by atoms with Gasteiger partial charge in [0.15, 0.2) is 11.0 Å². The Bertz CT molecular complexity index is 1090. The number of hydrogen-bond acceptors (Lipinski definition) is 3. The quantitative estimate of drug-likeness (QED) is 0.458. The molecule has 2 aromatic heterocycles. The van der Waals surface area contributed by atoms with Gasteiger partial charge in [0.1, 0.15) is 12.7 Å². The van der Waals surface area contributed by atoms with Gasteiger partial charge in [0.2, 0.25) is 0 Å². The fourth-order valence-corrected chi connectivity index (χ4v) is 3.48. The topological polar surface area (TPSA) is 48.5 Å². The molecule has 5 nitrogen and oxygen atoms in total. The predicted octanol–water partition coefficient (Wildman–Crippen LogP) is 4.12. The fraction of sp³-hybridized carbons (Fsp3) is 0.105. The summed E-state index contributed by atoms with van der Waals surface area (Å²) < 4.78 is 3.89. The van der Waals surface area contributed by atoms with Gasteiger partial charge in [-0.2, -0.15) is 5.10 Å². The molecule has 0 amide bonds. The van der Waals surface area contributed by atoms with Crippen LogP contribution in [0.3, 0.4) is 0 Å². The van der Waals surface area contributed by atoms with Crippen molar-refractivity contribution >= 4 is 11.6 Å². The van der Waals surface area contributed by atoms with Crippen LogP contribution in [0.15, 0.2) is 55.1 Å². The van der Waals surface area contributed by atoms with E-state index in [0.717, 1.165) is 28.3 Å². The van der Waals surface area contributed by atoms with Crippen LogP contribution in [0.25, 0.3) is 28.2 Å². The number of halogens is 1. The summed E-state index contributed by atoms with van der Waals surface area (Å²) in [5.41, 5.74) is 6.50. The van der Waals surface area contributed by atoms with Crippen LogP contribution < -0.4 is 0 Å². The second kappa shape index (κ2) is 5.29. The smallest absolute Gasteiger partial charge is 0.160 e. The van der Waals surface area contributed by atoms with Gasteiger partial charge in [-0.1, -0.05) is 47.5 Å². The van der Waals surface area contributed by atoms with E-state index in [4.69, 9.17) is 11.6 Å². The molecule has 1 aliphatic heterocycles. The summed E-state index contributed by atoms with van der Waals surface area (Å²) >= 11 is 6.28. The van der Waals surface area contributed by atoms with Gasteiger partial charge in [-0.3, -0.25) is 4.57 Å². The largest absolute Gasteiger partial charge is 0.299 e. The SMILES string of the molecule is Cc1ccc(-c2ccc3c(c2)-c2ncnn2Cc2c(Cl)ncn2-3)cc1. The molecule has 0 bridgehead atoms. The number of aryl methyl sites for hydroxylation is 1. The van der Waals surface area contributed by atoms with E-state index in [1.165, 1.54) is 11.1 Å². The zero-order valence-corrected chi connectivity index (χ0v) is 14.3. The highest BCUT2D eigenvalue weighted by molar-refractivity contribution is 6.30. The maximum atomic E-state index is 6.28. The Labute approximate surface area is 149 Å². The first kappa shape index (κ1) is 14.4. The van der Waals surface area contributed by atoms with Crippen LogP contribution in [0.4, 0.5) is 0 Å². The second-order valence-corrected chi connectivity index (χ2v) is 6.55. The minimum atomic E-state index is 0.497. The molecule has 122 valence electrons. The first-order valence-electron chi connectivity index (χ1n) is 8.02. The minimum absolute atomic E-state index is 0.497. The summed E-state index contributed by atoms with van der Waals surface area (Å²) in [6.45, 7) is 2.64. The van der Waals surface area contributed by atoms with E-state index in [1.54, 1.807) is 12.7 Å². The van der Waals surface area contributed by atoms with Crippen molar-refractivity contribution in [2.75, 3.05) is 0 Å². The highest BCUT2D eigenvalue weighted by Crippen LogP contribution is 2.35. The molecule has 6 heteroatoms.